The van der Waals surface area contributed by atoms with Crippen LogP contribution in [0.3, 0.4) is 0 Å². The van der Waals surface area contributed by atoms with Crippen molar-refractivity contribution in [2.75, 3.05) is 26.4 Å². The molecule has 0 aliphatic carbocycles. The predicted octanol–water partition coefficient (Wildman–Crippen LogP) is 7.34. The van der Waals surface area contributed by atoms with Crippen molar-refractivity contribution in [3.05, 3.63) is 108 Å². The van der Waals surface area contributed by atoms with Gasteiger partial charge in [0.15, 0.2) is 0 Å². The number of unbranched alkanes of at least 4 members (excludes halogenated alkanes) is 4. The molecule has 47 heavy (non-hydrogen) atoms. The molecule has 0 N–H and O–H groups in total. The Hall–Kier alpha value is -5.09. The van der Waals surface area contributed by atoms with Crippen LogP contribution in [0.2, 0.25) is 5.02 Å². The van der Waals surface area contributed by atoms with Gasteiger partial charge in [0.05, 0.1) is 42.6 Å². The van der Waals surface area contributed by atoms with Crippen molar-refractivity contribution in [2.45, 2.75) is 38.5 Å². The molecule has 0 unspecified atom stereocenters. The van der Waals surface area contributed by atoms with Gasteiger partial charge in [-0.25, -0.2) is 19.2 Å². The van der Waals surface area contributed by atoms with Crippen molar-refractivity contribution in [1.29, 1.82) is 0 Å². The van der Waals surface area contributed by atoms with Crippen LogP contribution in [0, 0.1) is 0 Å². The molecular weight excluding hydrogens is 628 g/mol. The Morgan fingerprint density at radius 3 is 1.47 bits per heavy atom. The van der Waals surface area contributed by atoms with Crippen LogP contribution < -0.4 is 18.9 Å². The fraction of sp³-hybridized carbons (Fsp3) is 0.278. The van der Waals surface area contributed by atoms with Crippen molar-refractivity contribution in [2.24, 2.45) is 0 Å². The molecular formula is C36H37ClO10. The number of carbonyl (C=O) groups is 4. The molecule has 0 aliphatic heterocycles. The van der Waals surface area contributed by atoms with Crippen LogP contribution in [0.5, 0.6) is 23.0 Å². The highest BCUT2D eigenvalue weighted by molar-refractivity contribution is 6.32. The number of hydrogen-bond acceptors (Lipinski definition) is 10. The van der Waals surface area contributed by atoms with E-state index in [1.54, 1.807) is 48.5 Å². The van der Waals surface area contributed by atoms with Gasteiger partial charge in [0, 0.05) is 18.2 Å². The third-order valence-corrected chi connectivity index (χ3v) is 6.73. The summed E-state index contributed by atoms with van der Waals surface area (Å²) >= 11 is 6.31. The van der Waals surface area contributed by atoms with Crippen LogP contribution in [0.25, 0.3) is 0 Å². The molecule has 3 aromatic rings. The van der Waals surface area contributed by atoms with Gasteiger partial charge < -0.3 is 28.4 Å². The summed E-state index contributed by atoms with van der Waals surface area (Å²) in [5.41, 5.74) is 0.607. The van der Waals surface area contributed by atoms with E-state index in [0.29, 0.717) is 49.7 Å². The lowest BCUT2D eigenvalue weighted by molar-refractivity contribution is -0.138. The lowest BCUT2D eigenvalue weighted by Gasteiger charge is -2.10. The summed E-state index contributed by atoms with van der Waals surface area (Å²) in [5, 5.41) is 0.0869. The number of ether oxygens (including phenoxy) is 6. The SMILES string of the molecule is C=CC(=O)OCCCCCCOc1ccc(C(=O)Oc2ccc(OC(=O)c3ccc(OCCCCOC(=O)C=C)cc3)c(Cl)c2)cc1. The first-order valence-corrected chi connectivity index (χ1v) is 15.4. The summed E-state index contributed by atoms with van der Waals surface area (Å²) < 4.78 is 32.1. The average Bonchev–Trinajstić information content (AvgIpc) is 3.08. The molecule has 0 saturated carbocycles. The average molecular weight is 665 g/mol. The van der Waals surface area contributed by atoms with Crippen molar-refractivity contribution in [3.8, 4) is 23.0 Å². The molecule has 248 valence electrons. The van der Waals surface area contributed by atoms with Crippen LogP contribution in [-0.4, -0.2) is 50.3 Å². The van der Waals surface area contributed by atoms with Gasteiger partial charge in [-0.3, -0.25) is 0 Å². The molecule has 0 amide bonds. The summed E-state index contributed by atoms with van der Waals surface area (Å²) in [6.45, 7) is 8.30. The van der Waals surface area contributed by atoms with Gasteiger partial charge in [-0.15, -0.1) is 0 Å². The fourth-order valence-electron chi connectivity index (χ4n) is 3.93. The van der Waals surface area contributed by atoms with Gasteiger partial charge in [0.1, 0.15) is 23.0 Å². The van der Waals surface area contributed by atoms with Crippen LogP contribution in [0.4, 0.5) is 0 Å². The van der Waals surface area contributed by atoms with Crippen LogP contribution in [-0.2, 0) is 19.1 Å². The first kappa shape index (κ1) is 36.4. The third kappa shape index (κ3) is 13.4. The van der Waals surface area contributed by atoms with Crippen LogP contribution in [0.1, 0.15) is 59.2 Å². The van der Waals surface area contributed by atoms with Crippen molar-refractivity contribution >= 4 is 35.5 Å². The summed E-state index contributed by atoms with van der Waals surface area (Å²) in [6.07, 6.45) is 7.06. The lowest BCUT2D eigenvalue weighted by atomic mass is 10.2. The van der Waals surface area contributed by atoms with Gasteiger partial charge in [-0.2, -0.15) is 0 Å². The van der Waals surface area contributed by atoms with E-state index in [-0.39, 0.29) is 28.7 Å². The van der Waals surface area contributed by atoms with Crippen molar-refractivity contribution in [3.63, 3.8) is 0 Å². The van der Waals surface area contributed by atoms with Crippen molar-refractivity contribution in [1.82, 2.24) is 0 Å². The molecule has 0 saturated heterocycles. The Morgan fingerprint density at radius 1 is 0.553 bits per heavy atom. The smallest absolute Gasteiger partial charge is 0.343 e. The Bertz CT molecular complexity index is 1500. The van der Waals surface area contributed by atoms with Crippen LogP contribution >= 0.6 is 11.6 Å². The molecule has 10 nitrogen and oxygen atoms in total. The highest BCUT2D eigenvalue weighted by Crippen LogP contribution is 2.30. The highest BCUT2D eigenvalue weighted by atomic mass is 35.5. The zero-order valence-corrected chi connectivity index (χ0v) is 26.7. The Kier molecular flexibility index (Phi) is 15.6. The second kappa shape index (κ2) is 20.1. The van der Waals surface area contributed by atoms with Gasteiger partial charge in [0.25, 0.3) is 0 Å². The first-order chi connectivity index (χ1) is 22.8. The summed E-state index contributed by atoms with van der Waals surface area (Å²) in [5.74, 6) is -0.602. The first-order valence-electron chi connectivity index (χ1n) is 15.1. The monoisotopic (exact) mass is 664 g/mol. The summed E-state index contributed by atoms with van der Waals surface area (Å²) in [4.78, 5) is 47.3. The zero-order chi connectivity index (χ0) is 33.9. The maximum atomic E-state index is 12.6. The normalized spacial score (nSPS) is 10.3. The Balaban J connectivity index is 1.38. The van der Waals surface area contributed by atoms with E-state index in [9.17, 15) is 19.2 Å². The molecule has 0 bridgehead atoms. The van der Waals surface area contributed by atoms with E-state index >= 15 is 0 Å². The van der Waals surface area contributed by atoms with Crippen LogP contribution in [0.15, 0.2) is 92.0 Å². The van der Waals surface area contributed by atoms with Gasteiger partial charge >= 0.3 is 23.9 Å². The van der Waals surface area contributed by atoms with Gasteiger partial charge in [-0.1, -0.05) is 24.8 Å². The molecule has 3 rings (SSSR count). The van der Waals surface area contributed by atoms with E-state index in [4.69, 9.17) is 40.0 Å². The minimum Gasteiger partial charge on any atom is -0.494 e. The quantitative estimate of drug-likeness (QED) is 0.0525. The summed E-state index contributed by atoms with van der Waals surface area (Å²) in [6, 6.07) is 17.3. The second-order valence-electron chi connectivity index (χ2n) is 9.98. The van der Waals surface area contributed by atoms with Gasteiger partial charge in [0.2, 0.25) is 0 Å². The standard InChI is InChI=1S/C36H37ClO10/c1-3-33(38)44-23-8-6-5-7-21-42-28-15-11-26(12-16-28)35(40)46-30-19-20-32(31(37)25-30)47-36(41)27-13-17-29(18-14-27)43-22-9-10-24-45-34(39)4-2/h3-4,11-20,25H,1-2,5-10,21-24H2. The second-order valence-corrected chi connectivity index (χ2v) is 10.4. The number of carbonyl (C=O) groups excluding carboxylic acids is 4. The molecule has 0 radical (unpaired) electrons. The molecule has 0 heterocycles. The minimum absolute atomic E-state index is 0.0869. The van der Waals surface area contributed by atoms with E-state index in [1.165, 1.54) is 18.2 Å². The molecule has 3 aromatic carbocycles. The minimum atomic E-state index is -0.624. The molecule has 0 aromatic heterocycles. The number of hydrogen-bond donors (Lipinski definition) is 0. The highest BCUT2D eigenvalue weighted by Gasteiger charge is 2.15. The largest absolute Gasteiger partial charge is 0.494 e. The maximum Gasteiger partial charge on any atom is 0.343 e. The fourth-order valence-corrected chi connectivity index (χ4v) is 4.14. The number of rotatable bonds is 20. The third-order valence-electron chi connectivity index (χ3n) is 6.43. The number of halogens is 1. The lowest BCUT2D eigenvalue weighted by Crippen LogP contribution is -2.10. The molecule has 0 fully saturated rings. The van der Waals surface area contributed by atoms with Gasteiger partial charge in [-0.05, 0) is 99.2 Å². The molecule has 0 aliphatic rings. The van der Waals surface area contributed by atoms with E-state index in [0.717, 1.165) is 37.8 Å². The zero-order valence-electron chi connectivity index (χ0n) is 26.0. The maximum absolute atomic E-state index is 12.6. The summed E-state index contributed by atoms with van der Waals surface area (Å²) in [7, 11) is 0. The molecule has 0 atom stereocenters. The Labute approximate surface area is 278 Å². The molecule has 0 spiro atoms. The van der Waals surface area contributed by atoms with E-state index < -0.39 is 23.9 Å². The predicted molar refractivity (Wildman–Crippen MR) is 175 cm³/mol. The van der Waals surface area contributed by atoms with E-state index in [2.05, 4.69) is 13.2 Å². The Morgan fingerprint density at radius 2 is 0.979 bits per heavy atom. The van der Waals surface area contributed by atoms with E-state index in [1.807, 2.05) is 0 Å². The van der Waals surface area contributed by atoms with Crippen molar-refractivity contribution < 1.29 is 47.6 Å². The number of esters is 4. The topological polar surface area (TPSA) is 124 Å². The number of benzene rings is 3. The molecule has 11 heteroatoms.